The minimum absolute atomic E-state index is 0.451. The quantitative estimate of drug-likeness (QED) is 0.870. The minimum atomic E-state index is 0.451. The second-order valence-corrected chi connectivity index (χ2v) is 5.79. The van der Waals surface area contributed by atoms with E-state index in [4.69, 9.17) is 10.7 Å². The number of nitrogens with two attached hydrogens (primary N) is 1. The summed E-state index contributed by atoms with van der Waals surface area (Å²) < 4.78 is 0. The molecule has 1 aliphatic carbocycles. The third-order valence-electron chi connectivity index (χ3n) is 3.87. The smallest absolute Gasteiger partial charge is 0.128 e. The second kappa shape index (κ2) is 5.70. The molecule has 0 amide bonds. The molecule has 1 heterocycles. The number of hydrogen-bond acceptors (Lipinski definition) is 3. The molecule has 18 heavy (non-hydrogen) atoms. The first kappa shape index (κ1) is 13.3. The first-order valence-corrected chi connectivity index (χ1v) is 7.02. The molecule has 100 valence electrons. The molecule has 1 saturated carbocycles. The van der Waals surface area contributed by atoms with Gasteiger partial charge in [0, 0.05) is 25.8 Å². The molecule has 1 aromatic rings. The number of nitrogens with zero attached hydrogens (tertiary/aromatic N) is 2. The zero-order valence-electron chi connectivity index (χ0n) is 11.8. The maximum absolute atomic E-state index is 5.78. The van der Waals surface area contributed by atoms with Gasteiger partial charge in [-0.05, 0) is 42.4 Å². The largest absolute Gasteiger partial charge is 0.359 e. The topological polar surface area (TPSA) is 42.1 Å². The molecule has 0 saturated heterocycles. The van der Waals surface area contributed by atoms with E-state index < -0.39 is 0 Å². The van der Waals surface area contributed by atoms with Crippen LogP contribution in [0.1, 0.15) is 50.3 Å². The van der Waals surface area contributed by atoms with E-state index in [0.717, 1.165) is 24.0 Å². The maximum Gasteiger partial charge on any atom is 0.128 e. The van der Waals surface area contributed by atoms with E-state index in [0.29, 0.717) is 12.5 Å². The van der Waals surface area contributed by atoms with E-state index in [1.165, 1.54) is 24.8 Å². The van der Waals surface area contributed by atoms with Crippen molar-refractivity contribution < 1.29 is 0 Å². The number of aromatic nitrogens is 1. The van der Waals surface area contributed by atoms with Gasteiger partial charge < -0.3 is 10.6 Å². The van der Waals surface area contributed by atoms with Crippen molar-refractivity contribution in [1.82, 2.24) is 4.98 Å². The minimum Gasteiger partial charge on any atom is -0.359 e. The van der Waals surface area contributed by atoms with E-state index >= 15 is 0 Å². The lowest BCUT2D eigenvalue weighted by molar-refractivity contribution is 0.321. The summed E-state index contributed by atoms with van der Waals surface area (Å²) in [7, 11) is 2.14. The molecule has 0 atom stereocenters. The molecule has 1 aromatic heterocycles. The van der Waals surface area contributed by atoms with Gasteiger partial charge in [0.2, 0.25) is 0 Å². The van der Waals surface area contributed by atoms with Gasteiger partial charge in [-0.2, -0.15) is 0 Å². The molecular formula is C15H25N3. The molecule has 0 bridgehead atoms. The van der Waals surface area contributed by atoms with Gasteiger partial charge in [-0.3, -0.25) is 0 Å². The Hall–Kier alpha value is -1.09. The Balaban J connectivity index is 2.16. The zero-order chi connectivity index (χ0) is 13.1. The van der Waals surface area contributed by atoms with Crippen molar-refractivity contribution in [2.45, 2.75) is 45.6 Å². The summed E-state index contributed by atoms with van der Waals surface area (Å²) in [6.45, 7) is 6.07. The van der Waals surface area contributed by atoms with Gasteiger partial charge >= 0.3 is 0 Å². The molecular weight excluding hydrogens is 222 g/mol. The first-order chi connectivity index (χ1) is 8.60. The van der Waals surface area contributed by atoms with Crippen LogP contribution in [-0.2, 0) is 6.54 Å². The highest BCUT2D eigenvalue weighted by Crippen LogP contribution is 2.28. The lowest BCUT2D eigenvalue weighted by Crippen LogP contribution is -2.30. The second-order valence-electron chi connectivity index (χ2n) is 5.79. The van der Waals surface area contributed by atoms with Crippen LogP contribution in [0.4, 0.5) is 5.82 Å². The van der Waals surface area contributed by atoms with Crippen LogP contribution in [0.25, 0.3) is 0 Å². The van der Waals surface area contributed by atoms with Crippen LogP contribution in [0, 0.1) is 5.92 Å². The first-order valence-electron chi connectivity index (χ1n) is 7.02. The van der Waals surface area contributed by atoms with E-state index in [2.05, 4.69) is 37.9 Å². The van der Waals surface area contributed by atoms with Crippen molar-refractivity contribution in [3.05, 3.63) is 23.4 Å². The normalized spacial score (nSPS) is 15.8. The Kier molecular flexibility index (Phi) is 4.23. The van der Waals surface area contributed by atoms with Crippen molar-refractivity contribution in [2.24, 2.45) is 11.7 Å². The van der Waals surface area contributed by atoms with E-state index in [-0.39, 0.29) is 0 Å². The van der Waals surface area contributed by atoms with Crippen LogP contribution >= 0.6 is 0 Å². The standard InChI is InChI=1S/C15H25N3/c1-11(2)14-7-13(9-16)8-15(17-14)18(3)10-12-5-4-6-12/h7-8,11-12H,4-6,9-10,16H2,1-3H3. The number of rotatable bonds is 5. The highest BCUT2D eigenvalue weighted by atomic mass is 15.2. The number of anilines is 1. The summed E-state index contributed by atoms with van der Waals surface area (Å²) in [5.74, 6) is 2.39. The molecule has 0 spiro atoms. The molecule has 0 aliphatic heterocycles. The molecule has 3 nitrogen and oxygen atoms in total. The fourth-order valence-electron chi connectivity index (χ4n) is 2.36. The summed E-state index contributed by atoms with van der Waals surface area (Å²) in [5, 5.41) is 0. The highest BCUT2D eigenvalue weighted by Gasteiger charge is 2.20. The monoisotopic (exact) mass is 247 g/mol. The Bertz CT molecular complexity index is 397. The average Bonchev–Trinajstić information content (AvgIpc) is 2.32. The van der Waals surface area contributed by atoms with Crippen molar-refractivity contribution in [3.63, 3.8) is 0 Å². The fraction of sp³-hybridized carbons (Fsp3) is 0.667. The molecule has 1 fully saturated rings. The van der Waals surface area contributed by atoms with Gasteiger partial charge in [0.15, 0.2) is 0 Å². The Morgan fingerprint density at radius 2 is 2.11 bits per heavy atom. The molecule has 0 radical (unpaired) electrons. The molecule has 0 aromatic carbocycles. The predicted molar refractivity (Wildman–Crippen MR) is 76.8 cm³/mol. The van der Waals surface area contributed by atoms with Crippen LogP contribution in [0.15, 0.2) is 12.1 Å². The van der Waals surface area contributed by atoms with Crippen LogP contribution < -0.4 is 10.6 Å². The Labute approximate surface area is 110 Å². The van der Waals surface area contributed by atoms with Gasteiger partial charge in [-0.1, -0.05) is 20.3 Å². The Morgan fingerprint density at radius 3 is 2.61 bits per heavy atom. The average molecular weight is 247 g/mol. The lowest BCUT2D eigenvalue weighted by atomic mass is 9.85. The number of pyridine rings is 1. The molecule has 3 heteroatoms. The van der Waals surface area contributed by atoms with Crippen molar-refractivity contribution >= 4 is 5.82 Å². The summed E-state index contributed by atoms with van der Waals surface area (Å²) >= 11 is 0. The molecule has 1 aliphatic rings. The third kappa shape index (κ3) is 3.02. The van der Waals surface area contributed by atoms with Gasteiger partial charge in [-0.15, -0.1) is 0 Å². The van der Waals surface area contributed by atoms with Crippen LogP contribution in [0.5, 0.6) is 0 Å². The molecule has 2 rings (SSSR count). The number of hydrogen-bond donors (Lipinski definition) is 1. The third-order valence-corrected chi connectivity index (χ3v) is 3.87. The highest BCUT2D eigenvalue weighted by molar-refractivity contribution is 5.42. The van der Waals surface area contributed by atoms with Crippen LogP contribution in [0.3, 0.4) is 0 Å². The summed E-state index contributed by atoms with van der Waals surface area (Å²) in [4.78, 5) is 7.05. The Morgan fingerprint density at radius 1 is 1.39 bits per heavy atom. The van der Waals surface area contributed by atoms with E-state index in [1.807, 2.05) is 0 Å². The zero-order valence-corrected chi connectivity index (χ0v) is 11.8. The lowest BCUT2D eigenvalue weighted by Gasteiger charge is -2.31. The van der Waals surface area contributed by atoms with Crippen molar-refractivity contribution in [1.29, 1.82) is 0 Å². The van der Waals surface area contributed by atoms with Crippen LogP contribution in [0.2, 0.25) is 0 Å². The van der Waals surface area contributed by atoms with Crippen LogP contribution in [-0.4, -0.2) is 18.6 Å². The summed E-state index contributed by atoms with van der Waals surface area (Å²) in [6, 6.07) is 4.26. The summed E-state index contributed by atoms with van der Waals surface area (Å²) in [6.07, 6.45) is 4.14. The van der Waals surface area contributed by atoms with E-state index in [1.54, 1.807) is 0 Å². The van der Waals surface area contributed by atoms with Crippen molar-refractivity contribution in [2.75, 3.05) is 18.5 Å². The maximum atomic E-state index is 5.78. The fourth-order valence-corrected chi connectivity index (χ4v) is 2.36. The van der Waals surface area contributed by atoms with Crippen molar-refractivity contribution in [3.8, 4) is 0 Å². The molecule has 0 unspecified atom stereocenters. The van der Waals surface area contributed by atoms with Gasteiger partial charge in [0.25, 0.3) is 0 Å². The van der Waals surface area contributed by atoms with Gasteiger partial charge in [0.05, 0.1) is 0 Å². The van der Waals surface area contributed by atoms with E-state index in [9.17, 15) is 0 Å². The molecule has 2 N–H and O–H groups in total. The SMILES string of the molecule is CC(C)c1cc(CN)cc(N(C)CC2CCC2)n1. The predicted octanol–water partition coefficient (Wildman–Crippen LogP) is 2.90. The van der Waals surface area contributed by atoms with Gasteiger partial charge in [0.1, 0.15) is 5.82 Å². The van der Waals surface area contributed by atoms with Gasteiger partial charge in [-0.25, -0.2) is 4.98 Å². The summed E-state index contributed by atoms with van der Waals surface area (Å²) in [5.41, 5.74) is 8.11.